The second-order valence-corrected chi connectivity index (χ2v) is 8.79. The highest BCUT2D eigenvalue weighted by Crippen LogP contribution is 2.27. The van der Waals surface area contributed by atoms with E-state index in [0.717, 1.165) is 33.5 Å². The van der Waals surface area contributed by atoms with Crippen molar-refractivity contribution < 1.29 is 0 Å². The molecule has 0 unspecified atom stereocenters. The topological polar surface area (TPSA) is 12.4 Å². The first kappa shape index (κ1) is 22.6. The summed E-state index contributed by atoms with van der Waals surface area (Å²) in [6.45, 7) is 0. The van der Waals surface area contributed by atoms with Gasteiger partial charge in [0.25, 0.3) is 0 Å². The van der Waals surface area contributed by atoms with Gasteiger partial charge in [0.15, 0.2) is 0 Å². The van der Waals surface area contributed by atoms with Gasteiger partial charge in [0, 0.05) is 43.0 Å². The van der Waals surface area contributed by atoms with Gasteiger partial charge in [0.05, 0.1) is 5.71 Å². The minimum absolute atomic E-state index is 0.669. The summed E-state index contributed by atoms with van der Waals surface area (Å²) in [5.74, 6) is 0. The SMILES string of the molecule is Clc1ccc(C(=CN=C(c2ccc(Cl)cc2)c2ccc(Cl)cc2)c2ccc(Cl)cc2)cc1. The van der Waals surface area contributed by atoms with Gasteiger partial charge in [0.2, 0.25) is 0 Å². The van der Waals surface area contributed by atoms with E-state index in [1.54, 1.807) is 0 Å². The number of halogens is 4. The average Bonchev–Trinajstić information content (AvgIpc) is 2.80. The zero-order valence-corrected chi connectivity index (χ0v) is 19.8. The molecule has 0 saturated carbocycles. The van der Waals surface area contributed by atoms with E-state index in [9.17, 15) is 0 Å². The van der Waals surface area contributed by atoms with E-state index in [2.05, 4.69) is 0 Å². The molecule has 0 bridgehead atoms. The molecule has 4 aromatic carbocycles. The Balaban J connectivity index is 1.88. The quantitative estimate of drug-likeness (QED) is 0.244. The van der Waals surface area contributed by atoms with Crippen LogP contribution in [0.15, 0.2) is 108 Å². The fourth-order valence-electron chi connectivity index (χ4n) is 3.23. The first-order chi connectivity index (χ1) is 15.5. The van der Waals surface area contributed by atoms with Gasteiger partial charge in [-0.1, -0.05) is 94.9 Å². The largest absolute Gasteiger partial charge is 0.255 e. The summed E-state index contributed by atoms with van der Waals surface area (Å²) in [6.07, 6.45) is 1.87. The molecule has 4 aromatic rings. The van der Waals surface area contributed by atoms with Crippen LogP contribution < -0.4 is 0 Å². The summed E-state index contributed by atoms with van der Waals surface area (Å²) in [5.41, 5.74) is 5.62. The Labute approximate surface area is 207 Å². The fraction of sp³-hybridized carbons (Fsp3) is 0. The molecule has 5 heteroatoms. The molecule has 1 nitrogen and oxygen atoms in total. The van der Waals surface area contributed by atoms with E-state index in [1.165, 1.54) is 0 Å². The van der Waals surface area contributed by atoms with Crippen molar-refractivity contribution in [2.75, 3.05) is 0 Å². The number of rotatable bonds is 5. The molecule has 0 N–H and O–H groups in total. The molecule has 0 saturated heterocycles. The van der Waals surface area contributed by atoms with Crippen LogP contribution in [0.3, 0.4) is 0 Å². The predicted molar refractivity (Wildman–Crippen MR) is 139 cm³/mol. The minimum atomic E-state index is 0.669. The predicted octanol–water partition coefficient (Wildman–Crippen LogP) is 9.23. The Morgan fingerprint density at radius 3 is 1.03 bits per heavy atom. The van der Waals surface area contributed by atoms with E-state index in [4.69, 9.17) is 51.4 Å². The average molecular weight is 497 g/mol. The molecule has 0 aliphatic heterocycles. The number of hydrogen-bond acceptors (Lipinski definition) is 1. The van der Waals surface area contributed by atoms with Crippen LogP contribution in [0.5, 0.6) is 0 Å². The molecule has 0 atom stereocenters. The summed E-state index contributed by atoms with van der Waals surface area (Å²) in [4.78, 5) is 4.92. The van der Waals surface area contributed by atoms with Gasteiger partial charge in [-0.15, -0.1) is 0 Å². The summed E-state index contributed by atoms with van der Waals surface area (Å²) in [5, 5.41) is 2.69. The lowest BCUT2D eigenvalue weighted by molar-refractivity contribution is 1.46. The Bertz CT molecular complexity index is 1060. The van der Waals surface area contributed by atoms with Crippen molar-refractivity contribution in [2.45, 2.75) is 0 Å². The van der Waals surface area contributed by atoms with E-state index >= 15 is 0 Å². The molecule has 4 rings (SSSR count). The smallest absolute Gasteiger partial charge is 0.0774 e. The first-order valence-corrected chi connectivity index (χ1v) is 11.3. The molecule has 0 heterocycles. The molecule has 0 aromatic heterocycles. The van der Waals surface area contributed by atoms with Crippen molar-refractivity contribution in [3.05, 3.63) is 146 Å². The lowest BCUT2D eigenvalue weighted by atomic mass is 9.98. The Hall–Kier alpha value is -2.55. The fourth-order valence-corrected chi connectivity index (χ4v) is 3.74. The lowest BCUT2D eigenvalue weighted by Crippen LogP contribution is -2.03. The number of hydrogen-bond donors (Lipinski definition) is 0. The van der Waals surface area contributed by atoms with Crippen LogP contribution in [0, 0.1) is 0 Å². The maximum Gasteiger partial charge on any atom is 0.0774 e. The van der Waals surface area contributed by atoms with E-state index in [1.807, 2.05) is 103 Å². The van der Waals surface area contributed by atoms with Gasteiger partial charge < -0.3 is 0 Å². The zero-order chi connectivity index (χ0) is 22.5. The van der Waals surface area contributed by atoms with Gasteiger partial charge in [-0.3, -0.25) is 4.99 Å². The van der Waals surface area contributed by atoms with Crippen molar-refractivity contribution in [2.24, 2.45) is 4.99 Å². The Kier molecular flexibility index (Phi) is 7.34. The summed E-state index contributed by atoms with van der Waals surface area (Å²) in [7, 11) is 0. The molecular formula is C27H17Cl4N. The van der Waals surface area contributed by atoms with Crippen molar-refractivity contribution in [1.82, 2.24) is 0 Å². The third-order valence-electron chi connectivity index (χ3n) is 4.87. The van der Waals surface area contributed by atoms with E-state index in [0.29, 0.717) is 20.1 Å². The molecule has 0 spiro atoms. The van der Waals surface area contributed by atoms with Crippen LogP contribution >= 0.6 is 46.4 Å². The van der Waals surface area contributed by atoms with Gasteiger partial charge in [-0.2, -0.15) is 0 Å². The summed E-state index contributed by atoms with van der Waals surface area (Å²) < 4.78 is 0. The molecule has 0 aliphatic rings. The van der Waals surface area contributed by atoms with Crippen molar-refractivity contribution >= 4 is 57.7 Å². The molecule has 0 amide bonds. The van der Waals surface area contributed by atoms with Gasteiger partial charge in [0.1, 0.15) is 0 Å². The summed E-state index contributed by atoms with van der Waals surface area (Å²) >= 11 is 24.4. The Morgan fingerprint density at radius 1 is 0.438 bits per heavy atom. The van der Waals surface area contributed by atoms with Gasteiger partial charge in [-0.05, 0) is 59.7 Å². The third-order valence-corrected chi connectivity index (χ3v) is 5.88. The van der Waals surface area contributed by atoms with E-state index in [-0.39, 0.29) is 0 Å². The zero-order valence-electron chi connectivity index (χ0n) is 16.8. The second-order valence-electron chi connectivity index (χ2n) is 7.05. The highest BCUT2D eigenvalue weighted by molar-refractivity contribution is 6.31. The third kappa shape index (κ3) is 5.62. The maximum atomic E-state index is 6.11. The number of nitrogens with zero attached hydrogens (tertiary/aromatic N) is 1. The van der Waals surface area contributed by atoms with Gasteiger partial charge >= 0.3 is 0 Å². The van der Waals surface area contributed by atoms with Gasteiger partial charge in [-0.25, -0.2) is 0 Å². The lowest BCUT2D eigenvalue weighted by Gasteiger charge is -2.10. The van der Waals surface area contributed by atoms with Crippen LogP contribution in [0.2, 0.25) is 20.1 Å². The number of aliphatic imine (C=N–C) groups is 1. The van der Waals surface area contributed by atoms with Crippen molar-refractivity contribution in [3.63, 3.8) is 0 Å². The van der Waals surface area contributed by atoms with Crippen LogP contribution in [-0.4, -0.2) is 5.71 Å². The van der Waals surface area contributed by atoms with Crippen LogP contribution in [0.25, 0.3) is 5.57 Å². The molecule has 0 radical (unpaired) electrons. The van der Waals surface area contributed by atoms with E-state index < -0.39 is 0 Å². The standard InChI is InChI=1S/C27H17Cl4N/c28-22-9-1-18(2-10-22)26(19-3-11-23(29)12-4-19)17-32-27(20-5-13-24(30)14-6-20)21-7-15-25(31)16-8-21/h1-17H. The molecular weight excluding hydrogens is 480 g/mol. The van der Waals surface area contributed by atoms with Crippen LogP contribution in [0.4, 0.5) is 0 Å². The maximum absolute atomic E-state index is 6.11. The normalized spacial score (nSPS) is 10.5. The molecule has 0 aliphatic carbocycles. The van der Waals surface area contributed by atoms with Crippen LogP contribution in [-0.2, 0) is 0 Å². The first-order valence-electron chi connectivity index (χ1n) is 9.81. The molecule has 158 valence electrons. The highest BCUT2D eigenvalue weighted by atomic mass is 35.5. The monoisotopic (exact) mass is 495 g/mol. The summed E-state index contributed by atoms with van der Waals surface area (Å²) in [6, 6.07) is 30.6. The van der Waals surface area contributed by atoms with Crippen molar-refractivity contribution in [1.29, 1.82) is 0 Å². The molecule has 32 heavy (non-hydrogen) atoms. The van der Waals surface area contributed by atoms with Crippen LogP contribution in [0.1, 0.15) is 22.3 Å². The number of benzene rings is 4. The Morgan fingerprint density at radius 2 is 0.719 bits per heavy atom. The highest BCUT2D eigenvalue weighted by Gasteiger charge is 2.09. The van der Waals surface area contributed by atoms with Crippen molar-refractivity contribution in [3.8, 4) is 0 Å². The second kappa shape index (κ2) is 10.4. The minimum Gasteiger partial charge on any atom is -0.255 e. The molecule has 0 fully saturated rings.